The van der Waals surface area contributed by atoms with E-state index in [2.05, 4.69) is 20.8 Å². The summed E-state index contributed by atoms with van der Waals surface area (Å²) in [5, 5.41) is 9.44. The van der Waals surface area contributed by atoms with Crippen molar-refractivity contribution in [2.24, 2.45) is 5.92 Å². The van der Waals surface area contributed by atoms with Crippen LogP contribution in [0.4, 0.5) is 5.69 Å². The Bertz CT molecular complexity index is 697. The number of carbonyl (C=O) groups is 1. The minimum Gasteiger partial charge on any atom is -0.421 e. The number of carbonyl (C=O) groups excluding carboxylic acids is 1. The lowest BCUT2D eigenvalue weighted by atomic mass is 10.0. The van der Waals surface area contributed by atoms with E-state index in [1.807, 2.05) is 39.2 Å². The van der Waals surface area contributed by atoms with E-state index in [4.69, 9.17) is 21.5 Å². The molecular formula is C22H32ClNO3. The summed E-state index contributed by atoms with van der Waals surface area (Å²) in [6.45, 7) is 14.6. The molecule has 2 rings (SSSR count). The normalized spacial score (nSPS) is 9.74. The second kappa shape index (κ2) is 13.2. The van der Waals surface area contributed by atoms with Crippen molar-refractivity contribution in [3.8, 4) is 5.75 Å². The van der Waals surface area contributed by atoms with Crippen LogP contribution in [0, 0.1) is 5.92 Å². The zero-order chi connectivity index (χ0) is 21.0. The molecule has 0 fully saturated rings. The van der Waals surface area contributed by atoms with Gasteiger partial charge in [-0.05, 0) is 41.7 Å². The molecule has 0 amide bonds. The summed E-state index contributed by atoms with van der Waals surface area (Å²) in [6.07, 6.45) is 0. The highest BCUT2D eigenvalue weighted by Crippen LogP contribution is 2.30. The maximum Gasteiger partial charge on any atom is 0.345 e. The number of benzene rings is 2. The van der Waals surface area contributed by atoms with Gasteiger partial charge in [-0.3, -0.25) is 10.7 Å². The third-order valence-corrected chi connectivity index (χ3v) is 3.42. The third kappa shape index (κ3) is 8.94. The van der Waals surface area contributed by atoms with Crippen LogP contribution < -0.4 is 10.2 Å². The molecule has 27 heavy (non-hydrogen) atoms. The Balaban J connectivity index is 0.000000998. The van der Waals surface area contributed by atoms with Gasteiger partial charge in [-0.25, -0.2) is 4.79 Å². The first-order valence-electron chi connectivity index (χ1n) is 9.27. The van der Waals surface area contributed by atoms with Gasteiger partial charge in [0.25, 0.3) is 0 Å². The van der Waals surface area contributed by atoms with Crippen molar-refractivity contribution >= 4 is 23.3 Å². The molecule has 0 radical (unpaired) electrons. The molecule has 0 spiro atoms. The molecular weight excluding hydrogens is 362 g/mol. The van der Waals surface area contributed by atoms with E-state index in [9.17, 15) is 4.79 Å². The Labute approximate surface area is 168 Å². The summed E-state index contributed by atoms with van der Waals surface area (Å²) in [5.74, 6) is 0.794. The molecule has 2 aromatic carbocycles. The smallest absolute Gasteiger partial charge is 0.345 e. The van der Waals surface area contributed by atoms with Crippen molar-refractivity contribution in [3.63, 3.8) is 0 Å². The molecule has 0 heterocycles. The molecule has 0 aliphatic heterocycles. The molecule has 4 nitrogen and oxygen atoms in total. The van der Waals surface area contributed by atoms with Gasteiger partial charge in [-0.2, -0.15) is 0 Å². The van der Waals surface area contributed by atoms with Crippen molar-refractivity contribution in [3.05, 3.63) is 58.6 Å². The first kappa shape index (κ1) is 25.0. The average Bonchev–Trinajstić information content (AvgIpc) is 2.63. The van der Waals surface area contributed by atoms with Crippen molar-refractivity contribution in [1.29, 1.82) is 0 Å². The molecule has 0 aromatic heterocycles. The lowest BCUT2D eigenvalue weighted by Gasteiger charge is -2.13. The lowest BCUT2D eigenvalue weighted by molar-refractivity contribution is 0.0735. The van der Waals surface area contributed by atoms with Crippen LogP contribution in [0.3, 0.4) is 0 Å². The quantitative estimate of drug-likeness (QED) is 0.328. The molecule has 2 N–H and O–H groups in total. The molecule has 0 aliphatic rings. The van der Waals surface area contributed by atoms with Gasteiger partial charge in [-0.1, -0.05) is 78.3 Å². The van der Waals surface area contributed by atoms with Crippen LogP contribution in [0.15, 0.2) is 42.5 Å². The maximum absolute atomic E-state index is 12.2. The van der Waals surface area contributed by atoms with Crippen LogP contribution in [-0.2, 0) is 0 Å². The van der Waals surface area contributed by atoms with Crippen molar-refractivity contribution in [2.45, 2.75) is 54.4 Å². The average molecular weight is 394 g/mol. The van der Waals surface area contributed by atoms with Gasteiger partial charge < -0.3 is 4.74 Å². The number of rotatable bonds is 4. The highest BCUT2D eigenvalue weighted by Gasteiger charge is 2.15. The Morgan fingerprint density at radius 3 is 2.07 bits per heavy atom. The van der Waals surface area contributed by atoms with Crippen LogP contribution >= 0.6 is 11.6 Å². The number of hydrogen-bond donors (Lipinski definition) is 2. The number of halogens is 1. The molecule has 0 saturated carbocycles. The zero-order valence-corrected chi connectivity index (χ0v) is 18.1. The van der Waals surface area contributed by atoms with Crippen LogP contribution in [0.25, 0.3) is 0 Å². The van der Waals surface area contributed by atoms with E-state index in [1.54, 1.807) is 36.4 Å². The van der Waals surface area contributed by atoms with Crippen molar-refractivity contribution in [2.75, 3.05) is 5.48 Å². The van der Waals surface area contributed by atoms with Gasteiger partial charge in [0.1, 0.15) is 5.69 Å². The highest BCUT2D eigenvalue weighted by molar-refractivity contribution is 6.33. The monoisotopic (exact) mass is 393 g/mol. The first-order valence-corrected chi connectivity index (χ1v) is 9.64. The standard InChI is InChI=1S/C16H16ClNO3.C4H10.C2H6/c1-10(2)11-7-8-14(18-20)15(9-11)21-16(19)12-5-3-4-6-13(12)17;1-4(2)3;1-2/h3-10,18,20H,1-2H3;4H,1-3H3;1-2H3. The van der Waals surface area contributed by atoms with E-state index in [0.29, 0.717) is 10.7 Å². The molecule has 0 atom stereocenters. The van der Waals surface area contributed by atoms with Crippen LogP contribution in [-0.4, -0.2) is 11.2 Å². The van der Waals surface area contributed by atoms with E-state index < -0.39 is 5.97 Å². The van der Waals surface area contributed by atoms with Crippen molar-refractivity contribution in [1.82, 2.24) is 0 Å². The molecule has 150 valence electrons. The Morgan fingerprint density at radius 2 is 1.59 bits per heavy atom. The Kier molecular flexibility index (Phi) is 12.2. The molecule has 0 unspecified atom stereocenters. The summed E-state index contributed by atoms with van der Waals surface area (Å²) in [4.78, 5) is 12.2. The van der Waals surface area contributed by atoms with E-state index >= 15 is 0 Å². The summed E-state index contributed by atoms with van der Waals surface area (Å²) in [7, 11) is 0. The summed E-state index contributed by atoms with van der Waals surface area (Å²) < 4.78 is 5.35. The van der Waals surface area contributed by atoms with Gasteiger partial charge in [-0.15, -0.1) is 0 Å². The van der Waals surface area contributed by atoms with Gasteiger partial charge in [0.15, 0.2) is 5.75 Å². The number of ether oxygens (including phenoxy) is 1. The van der Waals surface area contributed by atoms with Gasteiger partial charge in [0, 0.05) is 0 Å². The van der Waals surface area contributed by atoms with Crippen molar-refractivity contribution < 1.29 is 14.7 Å². The number of nitrogens with one attached hydrogen (secondary N) is 1. The highest BCUT2D eigenvalue weighted by atomic mass is 35.5. The summed E-state index contributed by atoms with van der Waals surface area (Å²) in [6, 6.07) is 11.9. The summed E-state index contributed by atoms with van der Waals surface area (Å²) in [5.41, 5.74) is 3.61. The van der Waals surface area contributed by atoms with Gasteiger partial charge in [0.2, 0.25) is 0 Å². The van der Waals surface area contributed by atoms with E-state index in [1.165, 1.54) is 0 Å². The summed E-state index contributed by atoms with van der Waals surface area (Å²) >= 11 is 5.97. The topological polar surface area (TPSA) is 58.6 Å². The Hall–Kier alpha value is -2.04. The number of esters is 1. The van der Waals surface area contributed by atoms with Gasteiger partial charge >= 0.3 is 5.97 Å². The molecule has 0 saturated heterocycles. The molecule has 2 aromatic rings. The third-order valence-electron chi connectivity index (χ3n) is 3.09. The van der Waals surface area contributed by atoms with E-state index in [-0.39, 0.29) is 17.2 Å². The fraction of sp³-hybridized carbons (Fsp3) is 0.409. The zero-order valence-electron chi connectivity index (χ0n) is 17.3. The second-order valence-electron chi connectivity index (χ2n) is 6.62. The van der Waals surface area contributed by atoms with Gasteiger partial charge in [0.05, 0.1) is 10.6 Å². The van der Waals surface area contributed by atoms with Crippen LogP contribution in [0.2, 0.25) is 5.02 Å². The molecule has 0 bridgehead atoms. The first-order chi connectivity index (χ1) is 12.8. The maximum atomic E-state index is 12.2. The number of hydrogen-bond acceptors (Lipinski definition) is 4. The minimum absolute atomic E-state index is 0.258. The fourth-order valence-electron chi connectivity index (χ4n) is 1.86. The minimum atomic E-state index is -0.571. The van der Waals surface area contributed by atoms with E-state index in [0.717, 1.165) is 11.5 Å². The predicted molar refractivity (Wildman–Crippen MR) is 114 cm³/mol. The lowest BCUT2D eigenvalue weighted by Crippen LogP contribution is -2.10. The Morgan fingerprint density at radius 1 is 1.04 bits per heavy atom. The van der Waals surface area contributed by atoms with Crippen LogP contribution in [0.1, 0.15) is 70.3 Å². The fourth-order valence-corrected chi connectivity index (χ4v) is 2.07. The predicted octanol–water partition coefficient (Wildman–Crippen LogP) is 7.17. The SMILES string of the molecule is CC.CC(C)C.CC(C)c1ccc(NO)c(OC(=O)c2ccccc2Cl)c1. The number of anilines is 1. The molecule has 0 aliphatic carbocycles. The van der Waals surface area contributed by atoms with Crippen LogP contribution in [0.5, 0.6) is 5.75 Å². The largest absolute Gasteiger partial charge is 0.421 e. The molecule has 5 heteroatoms. The second-order valence-corrected chi connectivity index (χ2v) is 7.03.